The molecule has 0 spiro atoms. The highest BCUT2D eigenvalue weighted by atomic mass is 32.2. The van der Waals surface area contributed by atoms with Crippen molar-refractivity contribution in [2.75, 3.05) is 12.3 Å². The first-order chi connectivity index (χ1) is 9.83. The van der Waals surface area contributed by atoms with Gasteiger partial charge in [0.2, 0.25) is 15.9 Å². The second-order valence-electron chi connectivity index (χ2n) is 5.27. The summed E-state index contributed by atoms with van der Waals surface area (Å²) in [6, 6.07) is -1.74. The SMILES string of the molecule is CCC[C@H](NC(=O)C1CCCN1S(=O)(=O)CCC)C(=O)O. The zero-order valence-electron chi connectivity index (χ0n) is 12.5. The van der Waals surface area contributed by atoms with Crippen LogP contribution in [0.3, 0.4) is 0 Å². The Morgan fingerprint density at radius 3 is 2.52 bits per heavy atom. The van der Waals surface area contributed by atoms with Crippen molar-refractivity contribution >= 4 is 21.9 Å². The lowest BCUT2D eigenvalue weighted by Crippen LogP contribution is -2.51. The van der Waals surface area contributed by atoms with E-state index in [1.807, 2.05) is 6.92 Å². The van der Waals surface area contributed by atoms with E-state index in [0.29, 0.717) is 38.6 Å². The topological polar surface area (TPSA) is 104 Å². The van der Waals surface area contributed by atoms with Crippen molar-refractivity contribution in [2.24, 2.45) is 0 Å². The number of amides is 1. The molecule has 0 aromatic rings. The largest absolute Gasteiger partial charge is 0.480 e. The van der Waals surface area contributed by atoms with Crippen LogP contribution in [0, 0.1) is 0 Å². The lowest BCUT2D eigenvalue weighted by Gasteiger charge is -2.24. The Morgan fingerprint density at radius 2 is 2.00 bits per heavy atom. The number of carbonyl (C=O) groups excluding carboxylic acids is 1. The Morgan fingerprint density at radius 1 is 1.33 bits per heavy atom. The highest BCUT2D eigenvalue weighted by molar-refractivity contribution is 7.89. The van der Waals surface area contributed by atoms with Crippen molar-refractivity contribution in [3.8, 4) is 0 Å². The maximum Gasteiger partial charge on any atom is 0.326 e. The average Bonchev–Trinajstić information content (AvgIpc) is 2.88. The van der Waals surface area contributed by atoms with E-state index in [1.54, 1.807) is 6.92 Å². The highest BCUT2D eigenvalue weighted by Gasteiger charge is 2.39. The quantitative estimate of drug-likeness (QED) is 0.680. The zero-order valence-corrected chi connectivity index (χ0v) is 13.4. The van der Waals surface area contributed by atoms with Gasteiger partial charge in [0.05, 0.1) is 5.75 Å². The van der Waals surface area contributed by atoms with Gasteiger partial charge in [-0.3, -0.25) is 4.79 Å². The molecule has 0 aromatic carbocycles. The molecule has 1 rings (SSSR count). The molecule has 1 aliphatic heterocycles. The lowest BCUT2D eigenvalue weighted by atomic mass is 10.1. The molecule has 21 heavy (non-hydrogen) atoms. The monoisotopic (exact) mass is 320 g/mol. The van der Waals surface area contributed by atoms with Gasteiger partial charge in [0, 0.05) is 6.54 Å². The molecule has 7 nitrogen and oxygen atoms in total. The molecule has 0 aliphatic carbocycles. The molecule has 122 valence electrons. The first-order valence-electron chi connectivity index (χ1n) is 7.36. The number of carbonyl (C=O) groups is 2. The van der Waals surface area contributed by atoms with Gasteiger partial charge >= 0.3 is 5.97 Å². The molecule has 1 amide bonds. The van der Waals surface area contributed by atoms with E-state index < -0.39 is 34.0 Å². The molecule has 0 radical (unpaired) electrons. The van der Waals surface area contributed by atoms with Crippen LogP contribution in [0.25, 0.3) is 0 Å². The third-order valence-corrected chi connectivity index (χ3v) is 5.59. The van der Waals surface area contributed by atoms with Crippen molar-refractivity contribution in [3.63, 3.8) is 0 Å². The second-order valence-corrected chi connectivity index (χ2v) is 7.31. The van der Waals surface area contributed by atoms with Gasteiger partial charge < -0.3 is 10.4 Å². The van der Waals surface area contributed by atoms with E-state index in [4.69, 9.17) is 5.11 Å². The van der Waals surface area contributed by atoms with Gasteiger partial charge in [-0.2, -0.15) is 4.31 Å². The predicted octanol–water partition coefficient (Wildman–Crippen LogP) is 0.560. The Labute approximate surface area is 125 Å². The highest BCUT2D eigenvalue weighted by Crippen LogP contribution is 2.22. The fourth-order valence-electron chi connectivity index (χ4n) is 2.52. The maximum absolute atomic E-state index is 12.2. The summed E-state index contributed by atoms with van der Waals surface area (Å²) in [6.45, 7) is 3.92. The van der Waals surface area contributed by atoms with Crippen LogP contribution in [0.2, 0.25) is 0 Å². The van der Waals surface area contributed by atoms with Gasteiger partial charge in [-0.05, 0) is 25.7 Å². The van der Waals surface area contributed by atoms with Crippen LogP contribution in [0.5, 0.6) is 0 Å². The molecule has 1 aliphatic rings. The second kappa shape index (κ2) is 7.74. The smallest absolute Gasteiger partial charge is 0.326 e. The van der Waals surface area contributed by atoms with Crippen molar-refractivity contribution in [1.82, 2.24) is 9.62 Å². The average molecular weight is 320 g/mol. The van der Waals surface area contributed by atoms with Gasteiger partial charge in [0.1, 0.15) is 12.1 Å². The fraction of sp³-hybridized carbons (Fsp3) is 0.846. The fourth-order valence-corrected chi connectivity index (χ4v) is 4.27. The molecule has 2 atom stereocenters. The standard InChI is InChI=1S/C13H24N2O5S/c1-3-6-10(13(17)18)14-12(16)11-7-5-8-15(11)21(19,20)9-4-2/h10-11H,3-9H2,1-2H3,(H,14,16)(H,17,18)/t10-,11?/m0/s1. The normalized spacial score (nSPS) is 21.1. The summed E-state index contributed by atoms with van der Waals surface area (Å²) in [5.74, 6) is -1.59. The van der Waals surface area contributed by atoms with Crippen molar-refractivity contribution in [3.05, 3.63) is 0 Å². The molecular formula is C13H24N2O5S. The Bertz CT molecular complexity index is 477. The third-order valence-electron chi connectivity index (χ3n) is 3.52. The van der Waals surface area contributed by atoms with E-state index in [-0.39, 0.29) is 5.75 Å². The number of carboxylic acid groups (broad SMARTS) is 1. The summed E-state index contributed by atoms with van der Waals surface area (Å²) in [4.78, 5) is 23.3. The van der Waals surface area contributed by atoms with E-state index in [9.17, 15) is 18.0 Å². The van der Waals surface area contributed by atoms with E-state index in [1.165, 1.54) is 4.31 Å². The van der Waals surface area contributed by atoms with Gasteiger partial charge in [-0.25, -0.2) is 13.2 Å². The summed E-state index contributed by atoms with van der Waals surface area (Å²) in [6.07, 6.45) is 2.50. The van der Waals surface area contributed by atoms with Crippen LogP contribution < -0.4 is 5.32 Å². The van der Waals surface area contributed by atoms with Crippen LogP contribution in [-0.2, 0) is 19.6 Å². The molecule has 8 heteroatoms. The Balaban J connectivity index is 2.78. The van der Waals surface area contributed by atoms with E-state index in [0.717, 1.165) is 0 Å². The minimum Gasteiger partial charge on any atom is -0.480 e. The predicted molar refractivity (Wildman–Crippen MR) is 78.3 cm³/mol. The summed E-state index contributed by atoms with van der Waals surface area (Å²) >= 11 is 0. The first-order valence-corrected chi connectivity index (χ1v) is 8.97. The summed E-state index contributed by atoms with van der Waals surface area (Å²) in [7, 11) is -3.45. The minimum absolute atomic E-state index is 0.00803. The van der Waals surface area contributed by atoms with Crippen molar-refractivity contribution < 1.29 is 23.1 Å². The van der Waals surface area contributed by atoms with Gasteiger partial charge in [0.25, 0.3) is 0 Å². The van der Waals surface area contributed by atoms with Gasteiger partial charge in [-0.15, -0.1) is 0 Å². The van der Waals surface area contributed by atoms with Crippen molar-refractivity contribution in [2.45, 2.75) is 58.0 Å². The van der Waals surface area contributed by atoms with Crippen LogP contribution in [-0.4, -0.2) is 54.1 Å². The lowest BCUT2D eigenvalue weighted by molar-refractivity contribution is -0.142. The van der Waals surface area contributed by atoms with E-state index >= 15 is 0 Å². The molecule has 2 N–H and O–H groups in total. The number of hydrogen-bond donors (Lipinski definition) is 2. The molecule has 1 fully saturated rings. The third kappa shape index (κ3) is 4.67. The number of rotatable bonds is 8. The molecule has 1 unspecified atom stereocenters. The minimum atomic E-state index is -3.45. The van der Waals surface area contributed by atoms with E-state index in [2.05, 4.69) is 5.32 Å². The van der Waals surface area contributed by atoms with Crippen LogP contribution in [0.4, 0.5) is 0 Å². The zero-order chi connectivity index (χ0) is 16.0. The number of sulfonamides is 1. The molecule has 1 heterocycles. The Kier molecular flexibility index (Phi) is 6.60. The van der Waals surface area contributed by atoms with Gasteiger partial charge in [-0.1, -0.05) is 20.3 Å². The number of nitrogens with one attached hydrogen (secondary N) is 1. The van der Waals surface area contributed by atoms with Crippen LogP contribution in [0.15, 0.2) is 0 Å². The maximum atomic E-state index is 12.2. The van der Waals surface area contributed by atoms with Gasteiger partial charge in [0.15, 0.2) is 0 Å². The summed E-state index contributed by atoms with van der Waals surface area (Å²) in [5.41, 5.74) is 0. The summed E-state index contributed by atoms with van der Waals surface area (Å²) < 4.78 is 25.5. The molecule has 0 aromatic heterocycles. The molecule has 0 saturated carbocycles. The molecule has 0 bridgehead atoms. The number of hydrogen-bond acceptors (Lipinski definition) is 4. The molecular weight excluding hydrogens is 296 g/mol. The van der Waals surface area contributed by atoms with Crippen molar-refractivity contribution in [1.29, 1.82) is 0 Å². The molecule has 1 saturated heterocycles. The number of nitrogens with zero attached hydrogens (tertiary/aromatic N) is 1. The van der Waals surface area contributed by atoms with Crippen LogP contribution >= 0.6 is 0 Å². The Hall–Kier alpha value is -1.15. The first kappa shape index (κ1) is 17.9. The number of carboxylic acids is 1. The summed E-state index contributed by atoms with van der Waals surface area (Å²) in [5, 5.41) is 11.5. The number of aliphatic carboxylic acids is 1. The van der Waals surface area contributed by atoms with Crippen LogP contribution in [0.1, 0.15) is 46.0 Å².